The number of benzene rings is 7. The Hall–Kier alpha value is -6.43. The van der Waals surface area contributed by atoms with Gasteiger partial charge in [-0.2, -0.15) is 0 Å². The van der Waals surface area contributed by atoms with Gasteiger partial charge in [0.25, 0.3) is 0 Å². The van der Waals surface area contributed by atoms with Crippen LogP contribution in [0, 0.1) is 0 Å². The fraction of sp³-hybridized carbons (Fsp3) is 0. The number of hydrogen-bond acceptors (Lipinski definition) is 4. The number of aromatic nitrogens is 4. The van der Waals surface area contributed by atoms with Crippen molar-refractivity contribution in [3.05, 3.63) is 170 Å². The zero-order chi connectivity index (χ0) is 33.0. The summed E-state index contributed by atoms with van der Waals surface area (Å²) in [6.07, 6.45) is 0. The quantitative estimate of drug-likeness (QED) is 0.185. The zero-order valence-electron chi connectivity index (χ0n) is 26.9. The summed E-state index contributed by atoms with van der Waals surface area (Å²) in [7, 11) is 0. The lowest BCUT2D eigenvalue weighted by molar-refractivity contribution is 1.07. The summed E-state index contributed by atoms with van der Waals surface area (Å²) >= 11 is 1.81. The van der Waals surface area contributed by atoms with E-state index < -0.39 is 0 Å². The first kappa shape index (κ1) is 28.6. The number of fused-ring (bicyclic) bond motifs is 6. The van der Waals surface area contributed by atoms with Crippen molar-refractivity contribution >= 4 is 53.3 Å². The second-order valence-electron chi connectivity index (χ2n) is 12.4. The lowest BCUT2D eigenvalue weighted by Gasteiger charge is -2.13. The highest BCUT2D eigenvalue weighted by Crippen LogP contribution is 2.45. The molecule has 3 aromatic heterocycles. The van der Waals surface area contributed by atoms with E-state index in [1.807, 2.05) is 72.0 Å². The van der Waals surface area contributed by atoms with E-state index in [1.165, 1.54) is 53.1 Å². The Balaban J connectivity index is 1.18. The molecule has 0 radical (unpaired) electrons. The zero-order valence-corrected chi connectivity index (χ0v) is 27.7. The molecule has 0 saturated carbocycles. The molecular weight excluding hydrogens is 629 g/mol. The fourth-order valence-electron chi connectivity index (χ4n) is 7.21. The van der Waals surface area contributed by atoms with E-state index in [0.29, 0.717) is 17.5 Å². The third-order valence-corrected chi connectivity index (χ3v) is 10.6. The molecule has 0 saturated heterocycles. The normalized spacial score (nSPS) is 11.6. The molecule has 0 fully saturated rings. The van der Waals surface area contributed by atoms with Crippen LogP contribution >= 0.6 is 11.3 Å². The number of hydrogen-bond donors (Lipinski definition) is 0. The Morgan fingerprint density at radius 3 is 1.70 bits per heavy atom. The summed E-state index contributed by atoms with van der Waals surface area (Å²) in [5.41, 5.74) is 8.91. The molecule has 0 aliphatic heterocycles. The van der Waals surface area contributed by atoms with Crippen molar-refractivity contribution in [3.63, 3.8) is 0 Å². The molecule has 0 unspecified atom stereocenters. The van der Waals surface area contributed by atoms with Crippen molar-refractivity contribution in [2.45, 2.75) is 0 Å². The molecule has 0 aliphatic carbocycles. The minimum Gasteiger partial charge on any atom is -0.309 e. The summed E-state index contributed by atoms with van der Waals surface area (Å²) in [5, 5.41) is 4.99. The summed E-state index contributed by atoms with van der Waals surface area (Å²) < 4.78 is 4.87. The molecule has 5 heteroatoms. The van der Waals surface area contributed by atoms with Gasteiger partial charge in [0.05, 0.1) is 11.0 Å². The Kier molecular flexibility index (Phi) is 6.64. The molecule has 0 amide bonds. The lowest BCUT2D eigenvalue weighted by Crippen LogP contribution is -1.99. The van der Waals surface area contributed by atoms with Gasteiger partial charge in [0.2, 0.25) is 0 Å². The van der Waals surface area contributed by atoms with E-state index >= 15 is 0 Å². The minimum absolute atomic E-state index is 0.662. The topological polar surface area (TPSA) is 43.6 Å². The van der Waals surface area contributed by atoms with E-state index in [9.17, 15) is 0 Å². The van der Waals surface area contributed by atoms with Crippen molar-refractivity contribution in [3.8, 4) is 51.0 Å². The second-order valence-corrected chi connectivity index (χ2v) is 13.5. The van der Waals surface area contributed by atoms with Crippen LogP contribution in [0.4, 0.5) is 0 Å². The Morgan fingerprint density at radius 2 is 0.980 bits per heavy atom. The molecular formula is C45H28N4S. The van der Waals surface area contributed by atoms with Crippen molar-refractivity contribution < 1.29 is 0 Å². The van der Waals surface area contributed by atoms with Crippen LogP contribution in [0.25, 0.3) is 93.0 Å². The van der Waals surface area contributed by atoms with Crippen LogP contribution in [0.15, 0.2) is 170 Å². The van der Waals surface area contributed by atoms with Gasteiger partial charge in [0.1, 0.15) is 0 Å². The first-order valence-electron chi connectivity index (χ1n) is 16.7. The van der Waals surface area contributed by atoms with Crippen LogP contribution < -0.4 is 0 Å². The van der Waals surface area contributed by atoms with Gasteiger partial charge in [-0.15, -0.1) is 11.3 Å². The summed E-state index contributed by atoms with van der Waals surface area (Å²) in [6.45, 7) is 0. The first-order chi connectivity index (χ1) is 24.8. The summed E-state index contributed by atoms with van der Waals surface area (Å²) in [6, 6.07) is 59.7. The van der Waals surface area contributed by atoms with Crippen molar-refractivity contribution in [1.29, 1.82) is 0 Å². The van der Waals surface area contributed by atoms with Gasteiger partial charge in [-0.05, 0) is 35.9 Å². The van der Waals surface area contributed by atoms with E-state index in [4.69, 9.17) is 15.0 Å². The maximum absolute atomic E-state index is 5.00. The van der Waals surface area contributed by atoms with Gasteiger partial charge in [0.15, 0.2) is 17.5 Å². The van der Waals surface area contributed by atoms with E-state index in [1.54, 1.807) is 0 Å². The fourth-order valence-corrected chi connectivity index (χ4v) is 8.38. The highest BCUT2D eigenvalue weighted by Gasteiger charge is 2.20. The van der Waals surface area contributed by atoms with E-state index in [2.05, 4.69) is 114 Å². The maximum atomic E-state index is 5.00. The molecule has 0 spiro atoms. The van der Waals surface area contributed by atoms with Gasteiger partial charge >= 0.3 is 0 Å². The van der Waals surface area contributed by atoms with Gasteiger partial charge < -0.3 is 4.57 Å². The van der Waals surface area contributed by atoms with E-state index in [0.717, 1.165) is 22.4 Å². The van der Waals surface area contributed by atoms with Gasteiger partial charge in [0, 0.05) is 58.9 Å². The molecule has 4 nitrogen and oxygen atoms in total. The van der Waals surface area contributed by atoms with Crippen molar-refractivity contribution in [2.75, 3.05) is 0 Å². The molecule has 0 N–H and O–H groups in total. The van der Waals surface area contributed by atoms with Crippen LogP contribution in [0.3, 0.4) is 0 Å². The van der Waals surface area contributed by atoms with Gasteiger partial charge in [-0.3, -0.25) is 0 Å². The number of thiophene rings is 1. The number of nitrogens with zero attached hydrogens (tertiary/aromatic N) is 4. The highest BCUT2D eigenvalue weighted by molar-refractivity contribution is 7.26. The molecule has 0 aliphatic rings. The van der Waals surface area contributed by atoms with Crippen molar-refractivity contribution in [1.82, 2.24) is 19.5 Å². The highest BCUT2D eigenvalue weighted by atomic mass is 32.1. The predicted octanol–water partition coefficient (Wildman–Crippen LogP) is 12.0. The number of para-hydroxylation sites is 3. The van der Waals surface area contributed by atoms with Gasteiger partial charge in [-0.1, -0.05) is 140 Å². The Labute approximate surface area is 292 Å². The molecule has 50 heavy (non-hydrogen) atoms. The maximum Gasteiger partial charge on any atom is 0.164 e. The average Bonchev–Trinajstić information content (AvgIpc) is 3.74. The number of rotatable bonds is 5. The van der Waals surface area contributed by atoms with Crippen LogP contribution in [-0.2, 0) is 0 Å². The lowest BCUT2D eigenvalue weighted by atomic mass is 9.97. The SMILES string of the molecule is c1ccc(-c2nc(-c3ccccc3)nc(-c3ccc4c(c3)sc3cccc(-c5cccc6c7ccccc7n(-c7ccccc7)c56)c34)n2)cc1. The molecule has 3 heterocycles. The van der Waals surface area contributed by atoms with E-state index in [-0.39, 0.29) is 0 Å². The first-order valence-corrected chi connectivity index (χ1v) is 17.5. The Bertz CT molecular complexity index is 2800. The minimum atomic E-state index is 0.662. The molecule has 0 atom stereocenters. The second kappa shape index (κ2) is 11.6. The molecule has 0 bridgehead atoms. The van der Waals surface area contributed by atoms with Crippen LogP contribution in [0.2, 0.25) is 0 Å². The van der Waals surface area contributed by atoms with Gasteiger partial charge in [-0.25, -0.2) is 15.0 Å². The third-order valence-electron chi connectivity index (χ3n) is 9.45. The predicted molar refractivity (Wildman–Crippen MR) is 209 cm³/mol. The van der Waals surface area contributed by atoms with Crippen LogP contribution in [0.1, 0.15) is 0 Å². The molecule has 234 valence electrons. The smallest absolute Gasteiger partial charge is 0.164 e. The Morgan fingerprint density at radius 1 is 0.400 bits per heavy atom. The van der Waals surface area contributed by atoms with Crippen LogP contribution in [0.5, 0.6) is 0 Å². The standard InChI is InChI=1S/C45H28N4S/c1-4-14-29(15-5-1)43-46-44(30-16-6-2-7-17-30)48-45(47-43)31-26-27-37-40(28-31)50-39-25-13-21-34(41(37)39)36-23-12-22-35-33-20-10-11-24-38(33)49(42(35)36)32-18-8-3-9-19-32/h1-28H. The molecule has 10 rings (SSSR count). The summed E-state index contributed by atoms with van der Waals surface area (Å²) in [5.74, 6) is 1.99. The molecule has 7 aromatic carbocycles. The average molecular weight is 657 g/mol. The summed E-state index contributed by atoms with van der Waals surface area (Å²) in [4.78, 5) is 14.9. The molecule has 10 aromatic rings. The largest absolute Gasteiger partial charge is 0.309 e. The van der Waals surface area contributed by atoms with Crippen molar-refractivity contribution in [2.24, 2.45) is 0 Å². The third kappa shape index (κ3) is 4.63. The monoisotopic (exact) mass is 656 g/mol. The van der Waals surface area contributed by atoms with Crippen LogP contribution in [-0.4, -0.2) is 19.5 Å².